The number of rotatable bonds is 8. The van der Waals surface area contributed by atoms with Crippen LogP contribution in [0.3, 0.4) is 0 Å². The Morgan fingerprint density at radius 2 is 1.89 bits per heavy atom. The van der Waals surface area contributed by atoms with E-state index in [0.717, 1.165) is 12.0 Å². The molecule has 0 radical (unpaired) electrons. The zero-order valence-electron chi connectivity index (χ0n) is 14.9. The number of hydrogen-bond acceptors (Lipinski definition) is 4. The van der Waals surface area contributed by atoms with Crippen molar-refractivity contribution in [1.82, 2.24) is 4.90 Å². The largest absolute Gasteiger partial charge is 0.508 e. The van der Waals surface area contributed by atoms with Gasteiger partial charge < -0.3 is 19.3 Å². The number of carbonyl (C=O) groups excluding carboxylic acids is 1. The molecule has 0 spiro atoms. The maximum Gasteiger partial charge on any atom is 0.223 e. The van der Waals surface area contributed by atoms with Gasteiger partial charge in [0, 0.05) is 12.5 Å². The highest BCUT2D eigenvalue weighted by molar-refractivity contribution is 7.79. The summed E-state index contributed by atoms with van der Waals surface area (Å²) >= 11 is -1.88. The van der Waals surface area contributed by atoms with Gasteiger partial charge in [-0.2, -0.15) is 0 Å². The number of phenols is 1. The molecule has 3 rings (SSSR count). The van der Waals surface area contributed by atoms with E-state index >= 15 is 0 Å². The van der Waals surface area contributed by atoms with Gasteiger partial charge in [0.25, 0.3) is 0 Å². The smallest absolute Gasteiger partial charge is 0.223 e. The van der Waals surface area contributed by atoms with Gasteiger partial charge in [0.15, 0.2) is 11.1 Å². The Bertz CT molecular complexity index is 805. The summed E-state index contributed by atoms with van der Waals surface area (Å²) in [6.45, 7) is 1.08. The number of nitrogens with zero attached hydrogens (tertiary/aromatic N) is 1. The average Bonchev–Trinajstić information content (AvgIpc) is 2.62. The summed E-state index contributed by atoms with van der Waals surface area (Å²) in [6.07, 6.45) is 1.46. The Morgan fingerprint density at radius 3 is 2.56 bits per heavy atom. The number of carbonyl (C=O) groups is 1. The number of phenolic OH excluding ortho intramolecular Hbond substituents is 1. The standard InChI is InChI=1S/C20H23NO5S/c22-19-12-17(8-7-16(19)10-11-27(24)25)26-18-13-21(14-18)20(23)9-6-15-4-2-1-3-5-15/h1-5,7-8,12,18,22H,6,9-11,13-14H2,(H,24,25). The van der Waals surface area contributed by atoms with E-state index in [9.17, 15) is 14.1 Å². The van der Waals surface area contributed by atoms with Crippen molar-refractivity contribution in [2.75, 3.05) is 18.8 Å². The molecule has 0 saturated carbocycles. The fourth-order valence-electron chi connectivity index (χ4n) is 2.99. The van der Waals surface area contributed by atoms with E-state index in [1.54, 1.807) is 17.0 Å². The summed E-state index contributed by atoms with van der Waals surface area (Å²) in [7, 11) is 0. The molecule has 0 aliphatic carbocycles. The van der Waals surface area contributed by atoms with E-state index in [0.29, 0.717) is 37.2 Å². The van der Waals surface area contributed by atoms with E-state index < -0.39 is 11.1 Å². The summed E-state index contributed by atoms with van der Waals surface area (Å²) in [5.41, 5.74) is 1.76. The van der Waals surface area contributed by atoms with Crippen LogP contribution >= 0.6 is 0 Å². The predicted octanol–water partition coefficient (Wildman–Crippen LogP) is 2.38. The third-order valence-electron chi connectivity index (χ3n) is 4.58. The van der Waals surface area contributed by atoms with Crippen molar-refractivity contribution in [3.8, 4) is 11.5 Å². The monoisotopic (exact) mass is 389 g/mol. The number of amides is 1. The Hall–Kier alpha value is -2.38. The molecule has 1 heterocycles. The highest BCUT2D eigenvalue weighted by Gasteiger charge is 2.31. The molecule has 2 N–H and O–H groups in total. The van der Waals surface area contributed by atoms with Crippen molar-refractivity contribution in [3.63, 3.8) is 0 Å². The number of aromatic hydroxyl groups is 1. The fourth-order valence-corrected chi connectivity index (χ4v) is 3.38. The lowest BCUT2D eigenvalue weighted by atomic mass is 10.1. The molecule has 1 unspecified atom stereocenters. The topological polar surface area (TPSA) is 87.1 Å². The minimum Gasteiger partial charge on any atom is -0.508 e. The maximum atomic E-state index is 12.2. The molecule has 1 aliphatic rings. The van der Waals surface area contributed by atoms with Gasteiger partial charge in [-0.05, 0) is 30.0 Å². The molecule has 0 aromatic heterocycles. The SMILES string of the molecule is O=C(CCc1ccccc1)N1CC(Oc2ccc(CCS(=O)O)c(O)c2)C1. The quantitative estimate of drug-likeness (QED) is 0.677. The van der Waals surface area contributed by atoms with Crippen LogP contribution in [-0.4, -0.2) is 49.6 Å². The number of ether oxygens (including phenoxy) is 1. The van der Waals surface area contributed by atoms with Crippen molar-refractivity contribution in [1.29, 1.82) is 0 Å². The van der Waals surface area contributed by atoms with Gasteiger partial charge in [0.05, 0.1) is 18.8 Å². The highest BCUT2D eigenvalue weighted by atomic mass is 32.2. The second kappa shape index (κ2) is 9.01. The molecule has 7 heteroatoms. The van der Waals surface area contributed by atoms with Crippen molar-refractivity contribution >= 4 is 17.0 Å². The van der Waals surface area contributed by atoms with Crippen LogP contribution in [0.15, 0.2) is 48.5 Å². The lowest BCUT2D eigenvalue weighted by Crippen LogP contribution is -2.56. The van der Waals surface area contributed by atoms with Crippen LogP contribution in [0.5, 0.6) is 11.5 Å². The van der Waals surface area contributed by atoms with Crippen LogP contribution in [0.2, 0.25) is 0 Å². The average molecular weight is 389 g/mol. The van der Waals surface area contributed by atoms with Crippen molar-refractivity contribution in [3.05, 3.63) is 59.7 Å². The van der Waals surface area contributed by atoms with Crippen LogP contribution in [-0.2, 0) is 28.7 Å². The second-order valence-electron chi connectivity index (χ2n) is 6.59. The van der Waals surface area contributed by atoms with Gasteiger partial charge in [0.1, 0.15) is 17.6 Å². The Labute approximate surface area is 161 Å². The molecule has 2 aromatic carbocycles. The number of benzene rings is 2. The fraction of sp³-hybridized carbons (Fsp3) is 0.350. The highest BCUT2D eigenvalue weighted by Crippen LogP contribution is 2.26. The van der Waals surface area contributed by atoms with Crippen molar-refractivity contribution < 1.29 is 23.4 Å². The van der Waals surface area contributed by atoms with Crippen LogP contribution in [0.25, 0.3) is 0 Å². The molecule has 2 aromatic rings. The summed E-state index contributed by atoms with van der Waals surface area (Å²) in [5, 5.41) is 10.0. The van der Waals surface area contributed by atoms with E-state index in [2.05, 4.69) is 0 Å². The van der Waals surface area contributed by atoms with Crippen LogP contribution in [0, 0.1) is 0 Å². The summed E-state index contributed by atoms with van der Waals surface area (Å²) in [5.74, 6) is 0.779. The molecule has 0 bridgehead atoms. The first-order valence-corrected chi connectivity index (χ1v) is 10.2. The molecule has 27 heavy (non-hydrogen) atoms. The molecule has 1 atom stereocenters. The normalized spacial score (nSPS) is 15.2. The summed E-state index contributed by atoms with van der Waals surface area (Å²) in [6, 6.07) is 14.9. The molecule has 6 nitrogen and oxygen atoms in total. The van der Waals surface area contributed by atoms with Crippen LogP contribution in [0.4, 0.5) is 0 Å². The molecule has 1 aliphatic heterocycles. The minimum atomic E-state index is -1.88. The van der Waals surface area contributed by atoms with Crippen LogP contribution < -0.4 is 4.74 Å². The number of aryl methyl sites for hydroxylation is 2. The first kappa shape index (κ1) is 19.4. The molecular weight excluding hydrogens is 366 g/mol. The van der Waals surface area contributed by atoms with E-state index in [1.807, 2.05) is 30.3 Å². The van der Waals surface area contributed by atoms with E-state index in [1.165, 1.54) is 6.07 Å². The zero-order valence-corrected chi connectivity index (χ0v) is 15.7. The van der Waals surface area contributed by atoms with Crippen molar-refractivity contribution in [2.45, 2.75) is 25.4 Å². The molecule has 144 valence electrons. The first-order valence-electron chi connectivity index (χ1n) is 8.89. The summed E-state index contributed by atoms with van der Waals surface area (Å²) < 4.78 is 25.3. The third kappa shape index (κ3) is 5.55. The lowest BCUT2D eigenvalue weighted by Gasteiger charge is -2.39. The molecular formula is C20H23NO5S. The second-order valence-corrected chi connectivity index (χ2v) is 7.64. The van der Waals surface area contributed by atoms with Gasteiger partial charge >= 0.3 is 0 Å². The molecule has 1 fully saturated rings. The maximum absolute atomic E-state index is 12.2. The summed E-state index contributed by atoms with van der Waals surface area (Å²) in [4.78, 5) is 14.0. The Balaban J connectivity index is 1.42. The van der Waals surface area contributed by atoms with Gasteiger partial charge in [-0.1, -0.05) is 36.4 Å². The van der Waals surface area contributed by atoms with Gasteiger partial charge in [-0.25, -0.2) is 4.21 Å². The van der Waals surface area contributed by atoms with Crippen LogP contribution in [0.1, 0.15) is 17.5 Å². The van der Waals surface area contributed by atoms with E-state index in [4.69, 9.17) is 9.29 Å². The van der Waals surface area contributed by atoms with Gasteiger partial charge in [0.2, 0.25) is 5.91 Å². The molecule has 1 saturated heterocycles. The van der Waals surface area contributed by atoms with Crippen molar-refractivity contribution in [2.24, 2.45) is 0 Å². The number of likely N-dealkylation sites (tertiary alicyclic amines) is 1. The Morgan fingerprint density at radius 1 is 1.15 bits per heavy atom. The molecule has 1 amide bonds. The predicted molar refractivity (Wildman–Crippen MR) is 103 cm³/mol. The van der Waals surface area contributed by atoms with E-state index in [-0.39, 0.29) is 23.5 Å². The zero-order chi connectivity index (χ0) is 19.2. The number of hydrogen-bond donors (Lipinski definition) is 2. The lowest BCUT2D eigenvalue weighted by molar-refractivity contribution is -0.139. The Kier molecular flexibility index (Phi) is 6.47. The minimum absolute atomic E-state index is 0.0491. The van der Waals surface area contributed by atoms with Gasteiger partial charge in [-0.15, -0.1) is 0 Å². The van der Waals surface area contributed by atoms with Gasteiger partial charge in [-0.3, -0.25) is 4.79 Å². The third-order valence-corrected chi connectivity index (χ3v) is 5.13. The first-order chi connectivity index (χ1) is 13.0.